The SMILES string of the molecule is CCC1(C)CSC(=NCCc2ccc(F)cc2C)N1. The average Bonchev–Trinajstić information content (AvgIpc) is 2.75. The molecule has 1 aliphatic heterocycles. The Labute approximate surface area is 118 Å². The second kappa shape index (κ2) is 5.95. The fourth-order valence-electron chi connectivity index (χ4n) is 2.05. The van der Waals surface area contributed by atoms with Crippen LogP contribution in [0.1, 0.15) is 31.4 Å². The molecule has 0 amide bonds. The zero-order valence-corrected chi connectivity index (χ0v) is 12.6. The van der Waals surface area contributed by atoms with Gasteiger partial charge in [-0.05, 0) is 49.9 Å². The summed E-state index contributed by atoms with van der Waals surface area (Å²) in [6, 6.07) is 4.96. The molecule has 1 N–H and O–H groups in total. The zero-order valence-electron chi connectivity index (χ0n) is 11.8. The Morgan fingerprint density at radius 2 is 2.26 bits per heavy atom. The monoisotopic (exact) mass is 280 g/mol. The van der Waals surface area contributed by atoms with Gasteiger partial charge in [0.15, 0.2) is 5.17 Å². The van der Waals surface area contributed by atoms with Crippen molar-refractivity contribution in [3.8, 4) is 0 Å². The van der Waals surface area contributed by atoms with Crippen LogP contribution < -0.4 is 5.32 Å². The Hall–Kier alpha value is -1.03. The molecule has 1 heterocycles. The molecule has 4 heteroatoms. The van der Waals surface area contributed by atoms with Crippen molar-refractivity contribution >= 4 is 16.9 Å². The van der Waals surface area contributed by atoms with Gasteiger partial charge < -0.3 is 5.32 Å². The van der Waals surface area contributed by atoms with Crippen LogP contribution in [0, 0.1) is 12.7 Å². The van der Waals surface area contributed by atoms with Gasteiger partial charge in [0.1, 0.15) is 5.82 Å². The summed E-state index contributed by atoms with van der Waals surface area (Å²) in [5.41, 5.74) is 2.37. The normalized spacial score (nSPS) is 24.7. The quantitative estimate of drug-likeness (QED) is 0.912. The minimum atomic E-state index is -0.167. The number of amidine groups is 1. The van der Waals surface area contributed by atoms with Gasteiger partial charge in [-0.25, -0.2) is 4.39 Å². The van der Waals surface area contributed by atoms with E-state index in [1.807, 2.05) is 13.0 Å². The Balaban J connectivity index is 1.90. The Kier molecular flexibility index (Phi) is 4.50. The van der Waals surface area contributed by atoms with Gasteiger partial charge in [0.25, 0.3) is 0 Å². The first-order valence-electron chi connectivity index (χ1n) is 6.73. The van der Waals surface area contributed by atoms with Crippen molar-refractivity contribution in [1.82, 2.24) is 5.32 Å². The van der Waals surface area contributed by atoms with Crippen LogP contribution in [-0.2, 0) is 6.42 Å². The predicted molar refractivity (Wildman–Crippen MR) is 81.4 cm³/mol. The minimum Gasteiger partial charge on any atom is -0.359 e. The number of nitrogens with zero attached hydrogens (tertiary/aromatic N) is 1. The molecule has 19 heavy (non-hydrogen) atoms. The minimum absolute atomic E-state index is 0.167. The highest BCUT2D eigenvalue weighted by Crippen LogP contribution is 2.25. The van der Waals surface area contributed by atoms with Crippen LogP contribution in [0.3, 0.4) is 0 Å². The topological polar surface area (TPSA) is 24.4 Å². The molecule has 1 unspecified atom stereocenters. The molecular formula is C15H21FN2S. The zero-order chi connectivity index (χ0) is 13.9. The van der Waals surface area contributed by atoms with Crippen LogP contribution in [-0.4, -0.2) is 23.0 Å². The smallest absolute Gasteiger partial charge is 0.157 e. The highest BCUT2D eigenvalue weighted by molar-refractivity contribution is 8.14. The summed E-state index contributed by atoms with van der Waals surface area (Å²) >= 11 is 1.79. The lowest BCUT2D eigenvalue weighted by molar-refractivity contribution is 0.466. The molecule has 0 bridgehead atoms. The highest BCUT2D eigenvalue weighted by atomic mass is 32.2. The molecule has 0 saturated carbocycles. The van der Waals surface area contributed by atoms with E-state index in [4.69, 9.17) is 0 Å². The van der Waals surface area contributed by atoms with Gasteiger partial charge in [-0.15, -0.1) is 0 Å². The molecule has 1 aromatic rings. The van der Waals surface area contributed by atoms with Gasteiger partial charge in [-0.3, -0.25) is 4.99 Å². The third-order valence-corrected chi connectivity index (χ3v) is 4.94. The number of hydrogen-bond acceptors (Lipinski definition) is 2. The summed E-state index contributed by atoms with van der Waals surface area (Å²) in [5.74, 6) is 0.914. The number of thioether (sulfide) groups is 1. The van der Waals surface area contributed by atoms with Crippen molar-refractivity contribution in [2.24, 2.45) is 4.99 Å². The first-order valence-corrected chi connectivity index (χ1v) is 7.71. The highest BCUT2D eigenvalue weighted by Gasteiger charge is 2.30. The molecule has 0 spiro atoms. The molecule has 1 saturated heterocycles. The van der Waals surface area contributed by atoms with E-state index in [-0.39, 0.29) is 11.4 Å². The van der Waals surface area contributed by atoms with Gasteiger partial charge in [-0.1, -0.05) is 24.8 Å². The molecule has 104 valence electrons. The molecule has 1 fully saturated rings. The van der Waals surface area contributed by atoms with Crippen LogP contribution >= 0.6 is 11.8 Å². The largest absolute Gasteiger partial charge is 0.359 e. The number of hydrogen-bond donors (Lipinski definition) is 1. The predicted octanol–water partition coefficient (Wildman–Crippen LogP) is 3.54. The summed E-state index contributed by atoms with van der Waals surface area (Å²) < 4.78 is 13.0. The maximum absolute atomic E-state index is 13.0. The molecule has 2 nitrogen and oxygen atoms in total. The molecule has 1 atom stereocenters. The second-order valence-corrected chi connectivity index (χ2v) is 6.30. The van der Waals surface area contributed by atoms with Gasteiger partial charge >= 0.3 is 0 Å². The van der Waals surface area contributed by atoms with E-state index < -0.39 is 0 Å². The fraction of sp³-hybridized carbons (Fsp3) is 0.533. The molecule has 0 radical (unpaired) electrons. The number of aliphatic imine (C=N–C) groups is 1. The van der Waals surface area contributed by atoms with E-state index >= 15 is 0 Å². The fourth-order valence-corrected chi connectivity index (χ4v) is 3.28. The summed E-state index contributed by atoms with van der Waals surface area (Å²) in [4.78, 5) is 4.60. The standard InChI is InChI=1S/C15H21FN2S/c1-4-15(3)10-19-14(18-15)17-8-7-12-5-6-13(16)9-11(12)2/h5-6,9H,4,7-8,10H2,1-3H3,(H,17,18). The van der Waals surface area contributed by atoms with Crippen molar-refractivity contribution in [2.45, 2.75) is 39.2 Å². The van der Waals surface area contributed by atoms with Crippen LogP contribution in [0.5, 0.6) is 0 Å². The molecule has 1 aromatic carbocycles. The average molecular weight is 280 g/mol. The lowest BCUT2D eigenvalue weighted by Crippen LogP contribution is -2.39. The van der Waals surface area contributed by atoms with Gasteiger partial charge in [0, 0.05) is 17.8 Å². The van der Waals surface area contributed by atoms with Gasteiger partial charge in [-0.2, -0.15) is 0 Å². The first kappa shape index (κ1) is 14.4. The number of aryl methyl sites for hydroxylation is 1. The van der Waals surface area contributed by atoms with Crippen molar-refractivity contribution in [3.05, 3.63) is 35.1 Å². The maximum Gasteiger partial charge on any atom is 0.157 e. The van der Waals surface area contributed by atoms with Gasteiger partial charge in [0.05, 0.1) is 0 Å². The summed E-state index contributed by atoms with van der Waals surface area (Å²) in [6.07, 6.45) is 1.97. The van der Waals surface area contributed by atoms with Crippen molar-refractivity contribution in [1.29, 1.82) is 0 Å². The number of nitrogens with one attached hydrogen (secondary N) is 1. The summed E-state index contributed by atoms with van der Waals surface area (Å²) in [7, 11) is 0. The van der Waals surface area contributed by atoms with Crippen molar-refractivity contribution < 1.29 is 4.39 Å². The third kappa shape index (κ3) is 3.72. The second-order valence-electron chi connectivity index (χ2n) is 5.34. The summed E-state index contributed by atoms with van der Waals surface area (Å²) in [5, 5.41) is 4.53. The van der Waals surface area contributed by atoms with Crippen molar-refractivity contribution in [2.75, 3.05) is 12.3 Å². The van der Waals surface area contributed by atoms with E-state index in [1.54, 1.807) is 17.8 Å². The summed E-state index contributed by atoms with van der Waals surface area (Å²) in [6.45, 7) is 7.12. The molecule has 0 aromatic heterocycles. The Bertz CT molecular complexity index is 487. The number of halogens is 1. The Morgan fingerprint density at radius 3 is 2.89 bits per heavy atom. The molecule has 2 rings (SSSR count). The lowest BCUT2D eigenvalue weighted by atomic mass is 10.0. The number of benzene rings is 1. The molecular weight excluding hydrogens is 259 g/mol. The van der Waals surface area contributed by atoms with E-state index in [9.17, 15) is 4.39 Å². The number of rotatable bonds is 4. The van der Waals surface area contributed by atoms with Crippen molar-refractivity contribution in [3.63, 3.8) is 0 Å². The molecule has 1 aliphatic rings. The first-order chi connectivity index (χ1) is 9.02. The van der Waals surface area contributed by atoms with Crippen LogP contribution in [0.4, 0.5) is 4.39 Å². The molecule has 0 aliphatic carbocycles. The lowest BCUT2D eigenvalue weighted by Gasteiger charge is -2.20. The van der Waals surface area contributed by atoms with Gasteiger partial charge in [0.2, 0.25) is 0 Å². The van der Waals surface area contributed by atoms with E-state index in [0.717, 1.165) is 35.9 Å². The third-order valence-electron chi connectivity index (χ3n) is 3.66. The van der Waals surface area contributed by atoms with E-state index in [2.05, 4.69) is 24.2 Å². The maximum atomic E-state index is 13.0. The van der Waals surface area contributed by atoms with E-state index in [0.29, 0.717) is 0 Å². The van der Waals surface area contributed by atoms with Crippen LogP contribution in [0.25, 0.3) is 0 Å². The Morgan fingerprint density at radius 1 is 1.47 bits per heavy atom. The van der Waals surface area contributed by atoms with Crippen LogP contribution in [0.2, 0.25) is 0 Å². The van der Waals surface area contributed by atoms with Crippen LogP contribution in [0.15, 0.2) is 23.2 Å². The van der Waals surface area contributed by atoms with E-state index in [1.165, 1.54) is 11.6 Å².